The third-order valence-electron chi connectivity index (χ3n) is 4.29. The van der Waals surface area contributed by atoms with Crippen molar-refractivity contribution in [3.8, 4) is 0 Å². The van der Waals surface area contributed by atoms with Crippen molar-refractivity contribution in [2.24, 2.45) is 0 Å². The number of thioether (sulfide) groups is 1. The van der Waals surface area contributed by atoms with Crippen molar-refractivity contribution in [1.29, 1.82) is 0 Å². The molecule has 2 atom stereocenters. The first-order valence-electron chi connectivity index (χ1n) is 8.58. The van der Waals surface area contributed by atoms with E-state index in [-0.39, 0.29) is 29.5 Å². The minimum absolute atomic E-state index is 0.0168. The Labute approximate surface area is 170 Å². The van der Waals surface area contributed by atoms with Crippen LogP contribution in [0.2, 0.25) is 10.0 Å². The zero-order chi connectivity index (χ0) is 19.4. The van der Waals surface area contributed by atoms with Crippen molar-refractivity contribution < 1.29 is 9.53 Å². The molecule has 1 aliphatic rings. The minimum Gasteiger partial charge on any atom is -0.376 e. The Morgan fingerprint density at radius 3 is 3.00 bits per heavy atom. The van der Waals surface area contributed by atoms with Crippen molar-refractivity contribution in [2.75, 3.05) is 12.4 Å². The Morgan fingerprint density at radius 2 is 2.30 bits per heavy atom. The van der Waals surface area contributed by atoms with E-state index in [2.05, 4.69) is 15.5 Å². The summed E-state index contributed by atoms with van der Waals surface area (Å²) in [6.45, 7) is 3.03. The molecule has 1 aromatic heterocycles. The standard InChI is InChI=1S/C17H20Cl2N4O3S/c1-10(11-4-5-13(18)14(19)7-11)20-15(24)9-27-17-22-21-16(25)23(17)8-12-3-2-6-26-12/h4-5,7,10,12H,2-3,6,8-9H2,1H3,(H,20,24)(H,21,25)/t10-,12+/m1/s1. The number of aromatic nitrogens is 3. The fourth-order valence-electron chi connectivity index (χ4n) is 2.84. The average Bonchev–Trinajstić information content (AvgIpc) is 3.27. The second kappa shape index (κ2) is 9.14. The fourth-order valence-corrected chi connectivity index (χ4v) is 3.92. The molecule has 1 aliphatic heterocycles. The van der Waals surface area contributed by atoms with Gasteiger partial charge in [-0.15, -0.1) is 5.10 Å². The molecule has 3 rings (SSSR count). The molecule has 0 spiro atoms. The van der Waals surface area contributed by atoms with E-state index in [1.165, 1.54) is 16.3 Å². The highest BCUT2D eigenvalue weighted by molar-refractivity contribution is 7.99. The highest BCUT2D eigenvalue weighted by Gasteiger charge is 2.20. The lowest BCUT2D eigenvalue weighted by molar-refractivity contribution is -0.119. The highest BCUT2D eigenvalue weighted by atomic mass is 35.5. The number of carbonyl (C=O) groups excluding carboxylic acids is 1. The number of rotatable bonds is 7. The maximum absolute atomic E-state index is 12.3. The van der Waals surface area contributed by atoms with Gasteiger partial charge in [0.1, 0.15) is 0 Å². The largest absolute Gasteiger partial charge is 0.376 e. The Balaban J connectivity index is 1.56. The number of hydrogen-bond donors (Lipinski definition) is 2. The van der Waals surface area contributed by atoms with Gasteiger partial charge in [0.05, 0.1) is 34.5 Å². The van der Waals surface area contributed by atoms with Gasteiger partial charge in [0.2, 0.25) is 5.91 Å². The molecule has 1 fully saturated rings. The first kappa shape index (κ1) is 20.3. The van der Waals surface area contributed by atoms with E-state index in [0.717, 1.165) is 25.0 Å². The Kier molecular flexibility index (Phi) is 6.86. The van der Waals surface area contributed by atoms with Crippen LogP contribution >= 0.6 is 35.0 Å². The second-order valence-electron chi connectivity index (χ2n) is 6.31. The topological polar surface area (TPSA) is 89.0 Å². The van der Waals surface area contributed by atoms with Crippen LogP contribution in [-0.4, -0.2) is 39.1 Å². The third kappa shape index (κ3) is 5.28. The molecule has 2 heterocycles. The monoisotopic (exact) mass is 430 g/mol. The molecular formula is C17H20Cl2N4O3S. The highest BCUT2D eigenvalue weighted by Crippen LogP contribution is 2.25. The molecule has 0 radical (unpaired) electrons. The van der Waals surface area contributed by atoms with Crippen LogP contribution in [0, 0.1) is 0 Å². The second-order valence-corrected chi connectivity index (χ2v) is 8.07. The number of ether oxygens (including phenoxy) is 1. The lowest BCUT2D eigenvalue weighted by atomic mass is 10.1. The Hall–Kier alpha value is -1.48. The zero-order valence-electron chi connectivity index (χ0n) is 14.7. The van der Waals surface area contributed by atoms with Crippen LogP contribution in [0.5, 0.6) is 0 Å². The third-order valence-corrected chi connectivity index (χ3v) is 6.00. The number of carbonyl (C=O) groups is 1. The summed E-state index contributed by atoms with van der Waals surface area (Å²) in [4.78, 5) is 24.2. The molecule has 0 bridgehead atoms. The van der Waals surface area contributed by atoms with Crippen molar-refractivity contribution in [1.82, 2.24) is 20.1 Å². The maximum Gasteiger partial charge on any atom is 0.344 e. The number of benzene rings is 1. The molecule has 1 aromatic carbocycles. The van der Waals surface area contributed by atoms with Gasteiger partial charge >= 0.3 is 5.69 Å². The molecule has 1 saturated heterocycles. The molecule has 2 N–H and O–H groups in total. The number of H-pyrrole nitrogens is 1. The summed E-state index contributed by atoms with van der Waals surface area (Å²) in [6.07, 6.45) is 1.93. The summed E-state index contributed by atoms with van der Waals surface area (Å²) in [6, 6.07) is 5.03. The first-order valence-corrected chi connectivity index (χ1v) is 10.3. The van der Waals surface area contributed by atoms with Crippen LogP contribution in [0.15, 0.2) is 28.2 Å². The minimum atomic E-state index is -0.294. The Morgan fingerprint density at radius 1 is 1.48 bits per heavy atom. The molecule has 146 valence electrons. The van der Waals surface area contributed by atoms with Gasteiger partial charge < -0.3 is 10.1 Å². The summed E-state index contributed by atoms with van der Waals surface area (Å²) < 4.78 is 7.10. The number of halogens is 2. The van der Waals surface area contributed by atoms with Gasteiger partial charge in [-0.3, -0.25) is 9.36 Å². The summed E-state index contributed by atoms with van der Waals surface area (Å²) in [5, 5.41) is 10.7. The predicted molar refractivity (Wildman–Crippen MR) is 106 cm³/mol. The maximum atomic E-state index is 12.3. The van der Waals surface area contributed by atoms with Gasteiger partial charge in [0.25, 0.3) is 0 Å². The summed E-state index contributed by atoms with van der Waals surface area (Å²) >= 11 is 13.1. The van der Waals surface area contributed by atoms with Gasteiger partial charge in [-0.25, -0.2) is 9.89 Å². The van der Waals surface area contributed by atoms with Crippen molar-refractivity contribution >= 4 is 40.9 Å². The van der Waals surface area contributed by atoms with Gasteiger partial charge in [0, 0.05) is 6.61 Å². The van der Waals surface area contributed by atoms with Gasteiger partial charge in [-0.1, -0.05) is 41.0 Å². The number of aromatic amines is 1. The quantitative estimate of drug-likeness (QED) is 0.658. The van der Waals surface area contributed by atoms with Gasteiger partial charge in [0.15, 0.2) is 5.16 Å². The smallest absolute Gasteiger partial charge is 0.344 e. The molecule has 0 saturated carbocycles. The van der Waals surface area contributed by atoms with E-state index in [4.69, 9.17) is 27.9 Å². The molecule has 0 unspecified atom stereocenters. The van der Waals surface area contributed by atoms with E-state index < -0.39 is 0 Å². The van der Waals surface area contributed by atoms with Crippen LogP contribution in [0.3, 0.4) is 0 Å². The summed E-state index contributed by atoms with van der Waals surface area (Å²) in [7, 11) is 0. The van der Waals surface area contributed by atoms with Crippen LogP contribution < -0.4 is 11.0 Å². The molecule has 2 aromatic rings. The average molecular weight is 431 g/mol. The van der Waals surface area contributed by atoms with Gasteiger partial charge in [-0.2, -0.15) is 0 Å². The van der Waals surface area contributed by atoms with Gasteiger partial charge in [-0.05, 0) is 37.5 Å². The van der Waals surface area contributed by atoms with E-state index in [0.29, 0.717) is 21.7 Å². The molecule has 7 nitrogen and oxygen atoms in total. The summed E-state index contributed by atoms with van der Waals surface area (Å²) in [5.41, 5.74) is 0.565. The molecule has 1 amide bonds. The predicted octanol–water partition coefficient (Wildman–Crippen LogP) is 3.03. The van der Waals surface area contributed by atoms with Crippen LogP contribution in [0.1, 0.15) is 31.4 Å². The number of hydrogen-bond acceptors (Lipinski definition) is 5. The van der Waals surface area contributed by atoms with Crippen molar-refractivity contribution in [2.45, 2.75) is 43.6 Å². The Bertz CT molecular complexity index is 864. The van der Waals surface area contributed by atoms with E-state index in [1.54, 1.807) is 12.1 Å². The van der Waals surface area contributed by atoms with E-state index in [1.807, 2.05) is 13.0 Å². The zero-order valence-corrected chi connectivity index (χ0v) is 17.0. The lowest BCUT2D eigenvalue weighted by Gasteiger charge is -2.15. The fraction of sp³-hybridized carbons (Fsp3) is 0.471. The molecule has 27 heavy (non-hydrogen) atoms. The molecular weight excluding hydrogens is 411 g/mol. The molecule has 10 heteroatoms. The number of amides is 1. The SMILES string of the molecule is C[C@@H](NC(=O)CSc1n[nH]c(=O)n1C[C@@H]1CCCO1)c1ccc(Cl)c(Cl)c1. The number of nitrogens with one attached hydrogen (secondary N) is 2. The lowest BCUT2D eigenvalue weighted by Crippen LogP contribution is -2.29. The summed E-state index contributed by atoms with van der Waals surface area (Å²) in [5.74, 6) is -0.0285. The number of nitrogens with zero attached hydrogens (tertiary/aromatic N) is 2. The van der Waals surface area contributed by atoms with Crippen LogP contribution in [0.25, 0.3) is 0 Å². The van der Waals surface area contributed by atoms with Crippen LogP contribution in [-0.2, 0) is 16.1 Å². The molecule has 0 aliphatic carbocycles. The van der Waals surface area contributed by atoms with E-state index >= 15 is 0 Å². The first-order chi connectivity index (χ1) is 12.9. The van der Waals surface area contributed by atoms with Crippen molar-refractivity contribution in [3.05, 3.63) is 44.3 Å². The van der Waals surface area contributed by atoms with Crippen LogP contribution in [0.4, 0.5) is 0 Å². The van der Waals surface area contributed by atoms with Crippen molar-refractivity contribution in [3.63, 3.8) is 0 Å². The van der Waals surface area contributed by atoms with E-state index in [9.17, 15) is 9.59 Å². The normalized spacial score (nSPS) is 17.8.